The van der Waals surface area contributed by atoms with Gasteiger partial charge < -0.3 is 14.8 Å². The molecule has 1 heterocycles. The van der Waals surface area contributed by atoms with Gasteiger partial charge in [-0.1, -0.05) is 6.92 Å². The summed E-state index contributed by atoms with van der Waals surface area (Å²) in [5.41, 5.74) is 1.16. The second kappa shape index (κ2) is 7.21. The van der Waals surface area contributed by atoms with E-state index >= 15 is 0 Å². The minimum Gasteiger partial charge on any atom is -0.342 e. The summed E-state index contributed by atoms with van der Waals surface area (Å²) in [6.07, 6.45) is 1.98. The lowest BCUT2D eigenvalue weighted by molar-refractivity contribution is -0.131. The highest BCUT2D eigenvalue weighted by molar-refractivity contribution is 5.76. The van der Waals surface area contributed by atoms with E-state index in [1.165, 1.54) is 0 Å². The van der Waals surface area contributed by atoms with Gasteiger partial charge in [0, 0.05) is 31.0 Å². The van der Waals surface area contributed by atoms with Gasteiger partial charge in [0.25, 0.3) is 0 Å². The molecule has 0 fully saturated rings. The zero-order chi connectivity index (χ0) is 13.5. The Morgan fingerprint density at radius 3 is 2.61 bits per heavy atom. The number of carbonyl (C=O) groups excluding carboxylic acids is 1. The Balaban J connectivity index is 2.73. The number of hydrogen-bond acceptors (Lipinski definition) is 2. The maximum absolute atomic E-state index is 12.1. The van der Waals surface area contributed by atoms with Crippen molar-refractivity contribution in [2.24, 2.45) is 0 Å². The first-order valence-electron chi connectivity index (χ1n) is 6.80. The van der Waals surface area contributed by atoms with Crippen LogP contribution in [0.25, 0.3) is 0 Å². The van der Waals surface area contributed by atoms with E-state index < -0.39 is 0 Å². The molecule has 1 aromatic heterocycles. The van der Waals surface area contributed by atoms with E-state index in [1.54, 1.807) is 0 Å². The number of nitrogens with zero attached hydrogens (tertiary/aromatic N) is 2. The van der Waals surface area contributed by atoms with E-state index in [1.807, 2.05) is 35.6 Å². The number of rotatable bonds is 7. The van der Waals surface area contributed by atoms with E-state index in [9.17, 15) is 4.79 Å². The van der Waals surface area contributed by atoms with Gasteiger partial charge in [-0.15, -0.1) is 0 Å². The van der Waals surface area contributed by atoms with Gasteiger partial charge in [0.15, 0.2) is 0 Å². The van der Waals surface area contributed by atoms with Crippen molar-refractivity contribution in [2.45, 2.75) is 40.3 Å². The van der Waals surface area contributed by atoms with Crippen LogP contribution in [0, 0.1) is 0 Å². The van der Waals surface area contributed by atoms with Gasteiger partial charge in [0.1, 0.15) is 6.54 Å². The molecule has 0 bridgehead atoms. The molecule has 18 heavy (non-hydrogen) atoms. The number of carbonyl (C=O) groups is 1. The highest BCUT2D eigenvalue weighted by Gasteiger charge is 2.14. The maximum Gasteiger partial charge on any atom is 0.242 e. The lowest BCUT2D eigenvalue weighted by atomic mass is 10.2. The average Bonchev–Trinajstić information content (AvgIpc) is 2.79. The fourth-order valence-electron chi connectivity index (χ4n) is 2.20. The van der Waals surface area contributed by atoms with Crippen LogP contribution in [-0.2, 0) is 11.3 Å². The highest BCUT2D eigenvalue weighted by atomic mass is 16.2. The van der Waals surface area contributed by atoms with Crippen molar-refractivity contribution in [3.05, 3.63) is 24.0 Å². The normalized spacial score (nSPS) is 12.4. The third-order valence-electron chi connectivity index (χ3n) is 3.24. The summed E-state index contributed by atoms with van der Waals surface area (Å²) in [5, 5.41) is 3.37. The first-order valence-corrected chi connectivity index (χ1v) is 6.80. The minimum atomic E-state index is 0.182. The van der Waals surface area contributed by atoms with E-state index in [0.717, 1.165) is 25.3 Å². The largest absolute Gasteiger partial charge is 0.342 e. The Bertz CT molecular complexity index is 369. The van der Waals surface area contributed by atoms with Crippen molar-refractivity contribution in [1.29, 1.82) is 0 Å². The highest BCUT2D eigenvalue weighted by Crippen LogP contribution is 2.13. The molecule has 0 radical (unpaired) electrons. The minimum absolute atomic E-state index is 0.182. The van der Waals surface area contributed by atoms with Gasteiger partial charge >= 0.3 is 0 Å². The Morgan fingerprint density at radius 1 is 1.39 bits per heavy atom. The van der Waals surface area contributed by atoms with Gasteiger partial charge in [-0.2, -0.15) is 0 Å². The van der Waals surface area contributed by atoms with Crippen LogP contribution in [0.3, 0.4) is 0 Å². The summed E-state index contributed by atoms with van der Waals surface area (Å²) < 4.78 is 2.04. The molecular weight excluding hydrogens is 226 g/mol. The van der Waals surface area contributed by atoms with Crippen molar-refractivity contribution in [3.8, 4) is 0 Å². The molecule has 1 unspecified atom stereocenters. The SMILES string of the molecule is CCNC(C)c1cccn1CC(=O)N(CC)CC. The second-order valence-corrected chi connectivity index (χ2v) is 4.41. The number of nitrogens with one attached hydrogen (secondary N) is 1. The van der Waals surface area contributed by atoms with E-state index in [4.69, 9.17) is 0 Å². The van der Waals surface area contributed by atoms with Crippen molar-refractivity contribution >= 4 is 5.91 Å². The maximum atomic E-state index is 12.1. The van der Waals surface area contributed by atoms with Crippen LogP contribution in [0.15, 0.2) is 18.3 Å². The molecule has 0 aromatic carbocycles. The number of amides is 1. The molecule has 102 valence electrons. The smallest absolute Gasteiger partial charge is 0.242 e. The lowest BCUT2D eigenvalue weighted by Crippen LogP contribution is -2.34. The second-order valence-electron chi connectivity index (χ2n) is 4.41. The Kier molecular flexibility index (Phi) is 5.92. The van der Waals surface area contributed by atoms with Gasteiger partial charge in [-0.05, 0) is 39.4 Å². The van der Waals surface area contributed by atoms with Crippen LogP contribution in [0.5, 0.6) is 0 Å². The standard InChI is InChI=1S/C14H25N3O/c1-5-15-12(4)13-9-8-10-17(13)11-14(18)16(6-2)7-3/h8-10,12,15H,5-7,11H2,1-4H3. The van der Waals surface area contributed by atoms with Crippen LogP contribution in [0.1, 0.15) is 39.4 Å². The molecule has 1 rings (SSSR count). The molecule has 1 atom stereocenters. The van der Waals surface area contributed by atoms with Gasteiger partial charge in [0.05, 0.1) is 0 Å². The molecule has 0 saturated carbocycles. The van der Waals surface area contributed by atoms with Crippen LogP contribution in [-0.4, -0.2) is 35.0 Å². The molecule has 1 amide bonds. The summed E-state index contributed by atoms with van der Waals surface area (Å²) in [4.78, 5) is 14.0. The van der Waals surface area contributed by atoms with Crippen LogP contribution in [0.2, 0.25) is 0 Å². The molecule has 4 nitrogen and oxygen atoms in total. The van der Waals surface area contributed by atoms with Gasteiger partial charge in [-0.25, -0.2) is 0 Å². The summed E-state index contributed by atoms with van der Waals surface area (Å²) in [7, 11) is 0. The summed E-state index contributed by atoms with van der Waals surface area (Å²) in [6.45, 7) is 11.1. The summed E-state index contributed by atoms with van der Waals surface area (Å²) in [6, 6.07) is 4.34. The molecular formula is C14H25N3O. The van der Waals surface area contributed by atoms with E-state index in [-0.39, 0.29) is 11.9 Å². The fraction of sp³-hybridized carbons (Fsp3) is 0.643. The first kappa shape index (κ1) is 14.8. The van der Waals surface area contributed by atoms with E-state index in [2.05, 4.69) is 25.2 Å². The molecule has 1 N–H and O–H groups in total. The Morgan fingerprint density at radius 2 is 2.06 bits per heavy atom. The van der Waals surface area contributed by atoms with Gasteiger partial charge in [0.2, 0.25) is 5.91 Å². The van der Waals surface area contributed by atoms with Crippen molar-refractivity contribution in [2.75, 3.05) is 19.6 Å². The first-order chi connectivity index (χ1) is 8.63. The Hall–Kier alpha value is -1.29. The third-order valence-corrected chi connectivity index (χ3v) is 3.24. The molecule has 0 saturated heterocycles. The van der Waals surface area contributed by atoms with Gasteiger partial charge in [-0.3, -0.25) is 4.79 Å². The fourth-order valence-corrected chi connectivity index (χ4v) is 2.20. The molecule has 0 spiro atoms. The van der Waals surface area contributed by atoms with Crippen molar-refractivity contribution in [1.82, 2.24) is 14.8 Å². The van der Waals surface area contributed by atoms with Crippen LogP contribution < -0.4 is 5.32 Å². The molecule has 0 aliphatic heterocycles. The predicted octanol–water partition coefficient (Wildman–Crippen LogP) is 2.03. The quantitative estimate of drug-likeness (QED) is 0.805. The van der Waals surface area contributed by atoms with Crippen molar-refractivity contribution in [3.63, 3.8) is 0 Å². The van der Waals surface area contributed by atoms with E-state index in [0.29, 0.717) is 6.54 Å². The summed E-state index contributed by atoms with van der Waals surface area (Å²) >= 11 is 0. The zero-order valence-electron chi connectivity index (χ0n) is 11.9. The predicted molar refractivity (Wildman–Crippen MR) is 74.5 cm³/mol. The third kappa shape index (κ3) is 3.60. The zero-order valence-corrected chi connectivity index (χ0v) is 11.9. The topological polar surface area (TPSA) is 37.3 Å². The average molecular weight is 251 g/mol. The molecule has 4 heteroatoms. The van der Waals surface area contributed by atoms with Crippen LogP contribution in [0.4, 0.5) is 0 Å². The lowest BCUT2D eigenvalue weighted by Gasteiger charge is -2.21. The van der Waals surface area contributed by atoms with Crippen LogP contribution >= 0.6 is 0 Å². The molecule has 1 aromatic rings. The summed E-state index contributed by atoms with van der Waals surface area (Å²) in [5.74, 6) is 0.182. The molecule has 0 aliphatic rings. The molecule has 0 aliphatic carbocycles. The number of aromatic nitrogens is 1. The number of hydrogen-bond donors (Lipinski definition) is 1. The van der Waals surface area contributed by atoms with Crippen molar-refractivity contribution < 1.29 is 4.79 Å². The monoisotopic (exact) mass is 251 g/mol. The Labute approximate surface area is 110 Å². The number of likely N-dealkylation sites (N-methyl/N-ethyl adjacent to an activating group) is 1.